The molecule has 2 aliphatic carbocycles. The van der Waals surface area contributed by atoms with E-state index in [1.165, 1.54) is 38.8 Å². The number of hydrogen-bond donors (Lipinski definition) is 2. The first kappa shape index (κ1) is 10.1. The molecule has 3 aliphatic rings. The molecule has 86 valence electrons. The maximum absolute atomic E-state index is 3.84. The van der Waals surface area contributed by atoms with Crippen LogP contribution >= 0.6 is 0 Å². The minimum Gasteiger partial charge on any atom is -0.315 e. The molecular formula is C13H24N2. The van der Waals surface area contributed by atoms with Crippen LogP contribution in [0.15, 0.2) is 0 Å². The van der Waals surface area contributed by atoms with Crippen LogP contribution in [0.5, 0.6) is 0 Å². The summed E-state index contributed by atoms with van der Waals surface area (Å²) in [5.41, 5.74) is 0. The first-order valence-electron chi connectivity index (χ1n) is 6.79. The summed E-state index contributed by atoms with van der Waals surface area (Å²) in [7, 11) is 0. The van der Waals surface area contributed by atoms with E-state index in [1.54, 1.807) is 6.42 Å². The van der Waals surface area contributed by atoms with Crippen LogP contribution in [-0.2, 0) is 0 Å². The van der Waals surface area contributed by atoms with Gasteiger partial charge in [-0.05, 0) is 56.9 Å². The van der Waals surface area contributed by atoms with Crippen molar-refractivity contribution in [3.8, 4) is 0 Å². The molecule has 1 saturated heterocycles. The molecule has 3 rings (SSSR count). The van der Waals surface area contributed by atoms with E-state index in [1.807, 2.05) is 0 Å². The van der Waals surface area contributed by atoms with E-state index in [9.17, 15) is 0 Å². The third-order valence-electron chi connectivity index (χ3n) is 4.99. The van der Waals surface area contributed by atoms with Gasteiger partial charge in [-0.15, -0.1) is 0 Å². The predicted octanol–water partition coefficient (Wildman–Crippen LogP) is 1.76. The van der Waals surface area contributed by atoms with Crippen LogP contribution in [0.2, 0.25) is 0 Å². The highest BCUT2D eigenvalue weighted by Crippen LogP contribution is 2.49. The normalized spacial score (nSPS) is 46.2. The zero-order chi connectivity index (χ0) is 10.3. The van der Waals surface area contributed by atoms with Crippen molar-refractivity contribution in [3.05, 3.63) is 0 Å². The lowest BCUT2D eigenvalue weighted by Crippen LogP contribution is -2.43. The van der Waals surface area contributed by atoms with Crippen molar-refractivity contribution in [2.24, 2.45) is 17.8 Å². The fraction of sp³-hybridized carbons (Fsp3) is 1.00. The van der Waals surface area contributed by atoms with E-state index >= 15 is 0 Å². The van der Waals surface area contributed by atoms with Gasteiger partial charge in [0, 0.05) is 18.6 Å². The maximum atomic E-state index is 3.84. The van der Waals surface area contributed by atoms with E-state index in [0.29, 0.717) is 0 Å². The summed E-state index contributed by atoms with van der Waals surface area (Å²) >= 11 is 0. The van der Waals surface area contributed by atoms with Crippen molar-refractivity contribution in [3.63, 3.8) is 0 Å². The SMILES string of the molecule is CC(NC1CCNC1)C1CC2CCC1C2. The van der Waals surface area contributed by atoms with Crippen molar-refractivity contribution in [2.45, 2.75) is 51.1 Å². The van der Waals surface area contributed by atoms with Crippen molar-refractivity contribution in [1.82, 2.24) is 10.6 Å². The van der Waals surface area contributed by atoms with Gasteiger partial charge in [0.15, 0.2) is 0 Å². The Morgan fingerprint density at radius 1 is 1.20 bits per heavy atom. The van der Waals surface area contributed by atoms with Gasteiger partial charge in [0.25, 0.3) is 0 Å². The lowest BCUT2D eigenvalue weighted by Gasteiger charge is -2.30. The molecule has 2 saturated carbocycles. The van der Waals surface area contributed by atoms with Crippen molar-refractivity contribution >= 4 is 0 Å². The zero-order valence-electron chi connectivity index (χ0n) is 9.84. The Hall–Kier alpha value is -0.0800. The van der Waals surface area contributed by atoms with Gasteiger partial charge in [0.2, 0.25) is 0 Å². The van der Waals surface area contributed by atoms with Gasteiger partial charge in [0.1, 0.15) is 0 Å². The van der Waals surface area contributed by atoms with Gasteiger partial charge in [0.05, 0.1) is 0 Å². The highest BCUT2D eigenvalue weighted by molar-refractivity contribution is 4.95. The number of hydrogen-bond acceptors (Lipinski definition) is 2. The number of fused-ring (bicyclic) bond motifs is 2. The Morgan fingerprint density at radius 3 is 2.73 bits per heavy atom. The Labute approximate surface area is 93.2 Å². The van der Waals surface area contributed by atoms with Gasteiger partial charge in [-0.1, -0.05) is 6.42 Å². The molecule has 0 aromatic carbocycles. The Bertz CT molecular complexity index is 223. The second kappa shape index (κ2) is 4.06. The fourth-order valence-corrected chi connectivity index (χ4v) is 4.20. The summed E-state index contributed by atoms with van der Waals surface area (Å²) in [5.74, 6) is 3.14. The van der Waals surface area contributed by atoms with Crippen molar-refractivity contribution < 1.29 is 0 Å². The van der Waals surface area contributed by atoms with Crippen molar-refractivity contribution in [2.75, 3.05) is 13.1 Å². The molecule has 2 nitrogen and oxygen atoms in total. The van der Waals surface area contributed by atoms with E-state index in [0.717, 1.165) is 29.8 Å². The summed E-state index contributed by atoms with van der Waals surface area (Å²) in [6, 6.07) is 1.50. The zero-order valence-corrected chi connectivity index (χ0v) is 9.84. The van der Waals surface area contributed by atoms with Crippen LogP contribution in [0, 0.1) is 17.8 Å². The molecule has 5 atom stereocenters. The molecule has 0 spiro atoms. The largest absolute Gasteiger partial charge is 0.315 e. The summed E-state index contributed by atoms with van der Waals surface area (Å²) in [4.78, 5) is 0. The summed E-state index contributed by atoms with van der Waals surface area (Å²) in [6.07, 6.45) is 7.42. The molecule has 0 aromatic rings. The number of nitrogens with one attached hydrogen (secondary N) is 2. The second-order valence-electron chi connectivity index (χ2n) is 5.98. The highest BCUT2D eigenvalue weighted by Gasteiger charge is 2.42. The molecule has 1 aliphatic heterocycles. The summed E-state index contributed by atoms with van der Waals surface area (Å²) in [5, 5.41) is 7.28. The molecule has 3 fully saturated rings. The third-order valence-corrected chi connectivity index (χ3v) is 4.99. The van der Waals surface area contributed by atoms with E-state index in [4.69, 9.17) is 0 Å². The monoisotopic (exact) mass is 208 g/mol. The molecule has 5 unspecified atom stereocenters. The van der Waals surface area contributed by atoms with Gasteiger partial charge >= 0.3 is 0 Å². The highest BCUT2D eigenvalue weighted by atomic mass is 15.0. The second-order valence-corrected chi connectivity index (χ2v) is 5.98. The van der Waals surface area contributed by atoms with Gasteiger partial charge in [-0.25, -0.2) is 0 Å². The van der Waals surface area contributed by atoms with Gasteiger partial charge < -0.3 is 10.6 Å². The molecule has 2 N–H and O–H groups in total. The van der Waals surface area contributed by atoms with E-state index in [2.05, 4.69) is 17.6 Å². The molecule has 0 aromatic heterocycles. The van der Waals surface area contributed by atoms with Crippen LogP contribution < -0.4 is 10.6 Å². The standard InChI is InChI=1S/C13H24N2/c1-9(15-12-4-5-14-8-12)13-7-10-2-3-11(13)6-10/h9-15H,2-8H2,1H3. The van der Waals surface area contributed by atoms with E-state index < -0.39 is 0 Å². The van der Waals surface area contributed by atoms with Crippen LogP contribution in [0.25, 0.3) is 0 Å². The van der Waals surface area contributed by atoms with E-state index in [-0.39, 0.29) is 0 Å². The minimum atomic E-state index is 0.749. The van der Waals surface area contributed by atoms with Crippen LogP contribution in [0.1, 0.15) is 39.0 Å². The summed E-state index contributed by atoms with van der Waals surface area (Å²) in [6.45, 7) is 4.82. The average molecular weight is 208 g/mol. The average Bonchev–Trinajstić information content (AvgIpc) is 2.93. The summed E-state index contributed by atoms with van der Waals surface area (Å²) < 4.78 is 0. The lowest BCUT2D eigenvalue weighted by molar-refractivity contribution is 0.247. The van der Waals surface area contributed by atoms with Crippen LogP contribution in [-0.4, -0.2) is 25.2 Å². The minimum absolute atomic E-state index is 0.749. The molecule has 1 heterocycles. The molecule has 0 amide bonds. The molecule has 15 heavy (non-hydrogen) atoms. The van der Waals surface area contributed by atoms with Crippen LogP contribution in [0.4, 0.5) is 0 Å². The Morgan fingerprint density at radius 2 is 2.13 bits per heavy atom. The maximum Gasteiger partial charge on any atom is 0.0207 e. The smallest absolute Gasteiger partial charge is 0.0207 e. The molecule has 2 heteroatoms. The first-order chi connectivity index (χ1) is 7.33. The fourth-order valence-electron chi connectivity index (χ4n) is 4.20. The topological polar surface area (TPSA) is 24.1 Å². The first-order valence-corrected chi connectivity index (χ1v) is 6.79. The Kier molecular flexibility index (Phi) is 2.73. The number of rotatable bonds is 3. The Balaban J connectivity index is 1.53. The quantitative estimate of drug-likeness (QED) is 0.738. The molecular weight excluding hydrogens is 184 g/mol. The third kappa shape index (κ3) is 1.94. The van der Waals surface area contributed by atoms with Crippen molar-refractivity contribution in [1.29, 1.82) is 0 Å². The molecule has 0 radical (unpaired) electrons. The molecule has 2 bridgehead atoms. The van der Waals surface area contributed by atoms with Gasteiger partial charge in [-0.2, -0.15) is 0 Å². The lowest BCUT2D eigenvalue weighted by atomic mass is 9.83. The van der Waals surface area contributed by atoms with Crippen LogP contribution in [0.3, 0.4) is 0 Å². The predicted molar refractivity (Wildman–Crippen MR) is 62.8 cm³/mol. The van der Waals surface area contributed by atoms with Gasteiger partial charge in [-0.3, -0.25) is 0 Å².